The summed E-state index contributed by atoms with van der Waals surface area (Å²) in [4.78, 5) is 35.8. The van der Waals surface area contributed by atoms with E-state index in [2.05, 4.69) is 5.32 Å². The number of hydrogen-bond acceptors (Lipinski definition) is 10. The van der Waals surface area contributed by atoms with Crippen molar-refractivity contribution in [2.24, 2.45) is 0 Å². The Morgan fingerprint density at radius 1 is 1.27 bits per heavy atom. The number of ether oxygens (including phenoxy) is 2. The van der Waals surface area contributed by atoms with Gasteiger partial charge in [0.25, 0.3) is 15.8 Å². The number of esters is 2. The molecule has 1 atom stereocenters. The molecular formula is C20H23N3O9S. The number of nitrogens with zero attached hydrogens (tertiary/aromatic N) is 2. The van der Waals surface area contributed by atoms with Crippen LogP contribution >= 0.6 is 0 Å². The maximum atomic E-state index is 12.8. The lowest BCUT2D eigenvalue weighted by molar-refractivity contribution is -0.384. The minimum atomic E-state index is -3.67. The van der Waals surface area contributed by atoms with Crippen LogP contribution in [0.15, 0.2) is 46.8 Å². The monoisotopic (exact) mass is 481 g/mol. The molecule has 178 valence electrons. The predicted octanol–water partition coefficient (Wildman–Crippen LogP) is 1.96. The molecule has 1 heterocycles. The van der Waals surface area contributed by atoms with Gasteiger partial charge >= 0.3 is 11.9 Å². The molecule has 13 heteroatoms. The molecule has 0 aliphatic carbocycles. The van der Waals surface area contributed by atoms with E-state index in [1.807, 2.05) is 6.07 Å². The minimum absolute atomic E-state index is 0.0774. The molecule has 2 rings (SSSR count). The van der Waals surface area contributed by atoms with Crippen LogP contribution in [0.4, 0.5) is 5.69 Å². The van der Waals surface area contributed by atoms with Gasteiger partial charge in [-0.25, -0.2) is 9.59 Å². The van der Waals surface area contributed by atoms with E-state index in [4.69, 9.17) is 14.0 Å². The first-order chi connectivity index (χ1) is 15.2. The van der Waals surface area contributed by atoms with Crippen molar-refractivity contribution in [2.75, 3.05) is 13.4 Å². The Morgan fingerprint density at radius 2 is 1.85 bits per heavy atom. The van der Waals surface area contributed by atoms with E-state index < -0.39 is 39.0 Å². The summed E-state index contributed by atoms with van der Waals surface area (Å²) < 4.78 is 36.0. The van der Waals surface area contributed by atoms with E-state index in [1.54, 1.807) is 20.8 Å². The molecule has 0 amide bonds. The standard InChI is InChI=1S/C19H19N3O6.CH4O3S/c1-10(2)28-19(24)15-11(3)21-14(9-20)17(18(23)27-4)16(15)12-6-5-7-13(8-12)22(25)26;1-5(2,3)4/h5-8,10,16,21H,1-4H3;1H3,(H,2,3,4). The fourth-order valence-corrected chi connectivity index (χ4v) is 2.95. The zero-order chi connectivity index (χ0) is 25.5. The number of nitro benzene ring substituents is 1. The van der Waals surface area contributed by atoms with Crippen molar-refractivity contribution < 1.29 is 37.0 Å². The van der Waals surface area contributed by atoms with Gasteiger partial charge in [-0.2, -0.15) is 13.7 Å². The number of non-ortho nitro benzene ring substituents is 1. The summed E-state index contributed by atoms with van der Waals surface area (Å²) in [6.07, 6.45) is 0.286. The van der Waals surface area contributed by atoms with Crippen LogP contribution in [-0.4, -0.2) is 49.3 Å². The molecule has 12 nitrogen and oxygen atoms in total. The van der Waals surface area contributed by atoms with Crippen LogP contribution in [0.2, 0.25) is 0 Å². The highest BCUT2D eigenvalue weighted by Gasteiger charge is 2.39. The molecule has 0 saturated heterocycles. The highest BCUT2D eigenvalue weighted by molar-refractivity contribution is 7.85. The molecule has 33 heavy (non-hydrogen) atoms. The van der Waals surface area contributed by atoms with Gasteiger partial charge in [0.2, 0.25) is 0 Å². The van der Waals surface area contributed by atoms with Gasteiger partial charge in [-0.3, -0.25) is 14.7 Å². The van der Waals surface area contributed by atoms with Gasteiger partial charge in [-0.1, -0.05) is 12.1 Å². The number of dihydropyridines is 1. The lowest BCUT2D eigenvalue weighted by Gasteiger charge is -2.29. The first-order valence-corrected chi connectivity index (χ1v) is 11.1. The van der Waals surface area contributed by atoms with Crippen molar-refractivity contribution in [3.05, 3.63) is 62.5 Å². The Balaban J connectivity index is 0.000000981. The minimum Gasteiger partial charge on any atom is -0.466 e. The molecule has 2 N–H and O–H groups in total. The van der Waals surface area contributed by atoms with Crippen LogP contribution in [0.5, 0.6) is 0 Å². The number of carbonyl (C=O) groups excluding carboxylic acids is 2. The normalized spacial score (nSPS) is 15.6. The lowest BCUT2D eigenvalue weighted by Crippen LogP contribution is -2.33. The maximum Gasteiger partial charge on any atom is 0.337 e. The summed E-state index contributed by atoms with van der Waals surface area (Å²) >= 11 is 0. The zero-order valence-electron chi connectivity index (χ0n) is 18.5. The van der Waals surface area contributed by atoms with Gasteiger partial charge in [0, 0.05) is 17.8 Å². The highest BCUT2D eigenvalue weighted by Crippen LogP contribution is 2.40. The number of hydrogen-bond donors (Lipinski definition) is 2. The average Bonchev–Trinajstić information content (AvgIpc) is 2.70. The van der Waals surface area contributed by atoms with Crippen molar-refractivity contribution in [3.8, 4) is 6.07 Å². The van der Waals surface area contributed by atoms with E-state index in [-0.39, 0.29) is 22.5 Å². The van der Waals surface area contributed by atoms with Crippen LogP contribution in [0, 0.1) is 21.4 Å². The third-order valence-electron chi connectivity index (χ3n) is 4.06. The highest BCUT2D eigenvalue weighted by atomic mass is 32.2. The third kappa shape index (κ3) is 7.70. The van der Waals surface area contributed by atoms with Crippen molar-refractivity contribution >= 4 is 27.7 Å². The van der Waals surface area contributed by atoms with Crippen LogP contribution in [0.1, 0.15) is 32.3 Å². The van der Waals surface area contributed by atoms with Gasteiger partial charge in [0.05, 0.1) is 41.5 Å². The summed E-state index contributed by atoms with van der Waals surface area (Å²) in [6.45, 7) is 4.90. The summed E-state index contributed by atoms with van der Waals surface area (Å²) in [5, 5.41) is 23.4. The number of allylic oxidation sites excluding steroid dienone is 2. The predicted molar refractivity (Wildman–Crippen MR) is 115 cm³/mol. The quantitative estimate of drug-likeness (QED) is 0.271. The molecule has 0 saturated carbocycles. The zero-order valence-corrected chi connectivity index (χ0v) is 19.3. The first-order valence-electron chi connectivity index (χ1n) is 9.29. The van der Waals surface area contributed by atoms with E-state index in [9.17, 15) is 33.4 Å². The van der Waals surface area contributed by atoms with E-state index in [1.165, 1.54) is 24.3 Å². The molecule has 0 radical (unpaired) electrons. The smallest absolute Gasteiger partial charge is 0.337 e. The summed E-state index contributed by atoms with van der Waals surface area (Å²) in [6, 6.07) is 7.41. The molecule has 0 spiro atoms. The summed E-state index contributed by atoms with van der Waals surface area (Å²) in [7, 11) is -2.52. The molecule has 1 aliphatic rings. The lowest BCUT2D eigenvalue weighted by atomic mass is 9.80. The van der Waals surface area contributed by atoms with Crippen molar-refractivity contribution in [1.29, 1.82) is 5.26 Å². The molecule has 1 aromatic rings. The second kappa shape index (κ2) is 11.2. The number of nitrogens with one attached hydrogen (secondary N) is 1. The van der Waals surface area contributed by atoms with Gasteiger partial charge < -0.3 is 14.8 Å². The number of benzene rings is 1. The van der Waals surface area contributed by atoms with Crippen LogP contribution in [0.3, 0.4) is 0 Å². The average molecular weight is 481 g/mol. The SMILES string of the molecule is COC(=O)C1=C(C#N)NC(C)=C(C(=O)OC(C)C)C1c1cccc([N+](=O)[O-])c1.CS(=O)(=O)O. The van der Waals surface area contributed by atoms with Crippen molar-refractivity contribution in [2.45, 2.75) is 32.8 Å². The number of methoxy groups -OCH3 is 1. The van der Waals surface area contributed by atoms with E-state index in [0.717, 1.165) is 7.11 Å². The Kier molecular flexibility index (Phi) is 9.26. The number of carbonyl (C=O) groups is 2. The van der Waals surface area contributed by atoms with Gasteiger partial charge in [0.1, 0.15) is 11.8 Å². The third-order valence-corrected chi connectivity index (χ3v) is 4.06. The number of nitriles is 1. The summed E-state index contributed by atoms with van der Waals surface area (Å²) in [5.74, 6) is -2.59. The molecule has 1 unspecified atom stereocenters. The fourth-order valence-electron chi connectivity index (χ4n) is 2.95. The topological polar surface area (TPSA) is 186 Å². The molecule has 0 fully saturated rings. The molecule has 0 bridgehead atoms. The largest absolute Gasteiger partial charge is 0.466 e. The van der Waals surface area contributed by atoms with Crippen LogP contribution in [-0.2, 0) is 29.2 Å². The van der Waals surface area contributed by atoms with E-state index >= 15 is 0 Å². The summed E-state index contributed by atoms with van der Waals surface area (Å²) in [5.41, 5.74) is 0.251. The second-order valence-corrected chi connectivity index (χ2v) is 8.49. The second-order valence-electron chi connectivity index (χ2n) is 7.03. The van der Waals surface area contributed by atoms with Crippen LogP contribution < -0.4 is 5.32 Å². The Hall–Kier alpha value is -3.76. The van der Waals surface area contributed by atoms with Gasteiger partial charge in [-0.05, 0) is 26.3 Å². The number of rotatable bonds is 5. The molecule has 1 aliphatic heterocycles. The first kappa shape index (κ1) is 27.3. The molecule has 0 aromatic heterocycles. The maximum absolute atomic E-state index is 12.8. The molecule has 1 aromatic carbocycles. The van der Waals surface area contributed by atoms with Gasteiger partial charge in [-0.15, -0.1) is 0 Å². The number of nitro groups is 1. The Bertz CT molecular complexity index is 1150. The molecular weight excluding hydrogens is 458 g/mol. The van der Waals surface area contributed by atoms with Crippen molar-refractivity contribution in [1.82, 2.24) is 5.32 Å². The Morgan fingerprint density at radius 3 is 2.30 bits per heavy atom. The van der Waals surface area contributed by atoms with E-state index in [0.29, 0.717) is 17.5 Å². The van der Waals surface area contributed by atoms with Crippen molar-refractivity contribution in [3.63, 3.8) is 0 Å². The van der Waals surface area contributed by atoms with Crippen LogP contribution in [0.25, 0.3) is 0 Å². The Labute approximate surface area is 190 Å². The van der Waals surface area contributed by atoms with Gasteiger partial charge in [0.15, 0.2) is 0 Å². The fraction of sp³-hybridized carbons (Fsp3) is 0.350.